The molecule has 1 unspecified atom stereocenters. The second-order valence-electron chi connectivity index (χ2n) is 6.07. The number of ether oxygens (including phenoxy) is 1. The van der Waals surface area contributed by atoms with E-state index in [2.05, 4.69) is 5.32 Å². The number of likely N-dealkylation sites (tertiary alicyclic amines) is 1. The molecule has 0 spiro atoms. The molecular weight excluding hydrogens is 351 g/mol. The number of nitrogens with two attached hydrogens (primary N) is 1. The predicted octanol–water partition coefficient (Wildman–Crippen LogP) is 1.40. The monoisotopic (exact) mass is 373 g/mol. The third-order valence-corrected chi connectivity index (χ3v) is 4.13. The quantitative estimate of drug-likeness (QED) is 0.789. The van der Waals surface area contributed by atoms with E-state index in [0.717, 1.165) is 12.1 Å². The average Bonchev–Trinajstić information content (AvgIpc) is 2.63. The molecule has 3 N–H and O–H groups in total. The highest BCUT2D eigenvalue weighted by molar-refractivity contribution is 5.82. The van der Waals surface area contributed by atoms with Crippen LogP contribution in [0.1, 0.15) is 18.4 Å². The number of hydrogen-bond acceptors (Lipinski definition) is 4. The molecule has 1 aliphatic rings. The van der Waals surface area contributed by atoms with Gasteiger partial charge >= 0.3 is 6.18 Å². The van der Waals surface area contributed by atoms with Gasteiger partial charge in [0.2, 0.25) is 5.91 Å². The van der Waals surface area contributed by atoms with Crippen molar-refractivity contribution in [2.24, 2.45) is 11.7 Å². The lowest BCUT2D eigenvalue weighted by Gasteiger charge is -2.32. The minimum atomic E-state index is -4.42. The molecule has 1 fully saturated rings. The van der Waals surface area contributed by atoms with Crippen molar-refractivity contribution in [3.8, 4) is 5.75 Å². The van der Waals surface area contributed by atoms with Crippen LogP contribution in [0.4, 0.5) is 13.2 Å². The van der Waals surface area contributed by atoms with E-state index in [4.69, 9.17) is 10.5 Å². The molecule has 1 aliphatic heterocycles. The molecule has 0 saturated carbocycles. The Kier molecular flexibility index (Phi) is 6.84. The first kappa shape index (κ1) is 20.0. The molecule has 2 amide bonds. The fraction of sp³-hybridized carbons (Fsp3) is 0.529. The zero-order valence-electron chi connectivity index (χ0n) is 14.2. The maximum absolute atomic E-state index is 12.5. The standard InChI is InChI=1S/C17H22F3N3O3/c18-17(19,20)13-3-5-14(6-4-13)26-11-15(24)23-9-1-2-12(10-23)16(25)22-8-7-21/h3-6,12H,1-2,7-11,21H2,(H,22,25). The number of halogens is 3. The van der Waals surface area contributed by atoms with Crippen molar-refractivity contribution in [3.05, 3.63) is 29.8 Å². The van der Waals surface area contributed by atoms with Gasteiger partial charge in [0.25, 0.3) is 5.91 Å². The van der Waals surface area contributed by atoms with Crippen LogP contribution in [0.2, 0.25) is 0 Å². The Bertz CT molecular complexity index is 620. The molecule has 2 rings (SSSR count). The van der Waals surface area contributed by atoms with E-state index in [9.17, 15) is 22.8 Å². The van der Waals surface area contributed by atoms with Gasteiger partial charge in [0.05, 0.1) is 11.5 Å². The number of nitrogens with zero attached hydrogens (tertiary/aromatic N) is 1. The number of nitrogens with one attached hydrogen (secondary N) is 1. The Morgan fingerprint density at radius 3 is 2.58 bits per heavy atom. The van der Waals surface area contributed by atoms with Gasteiger partial charge in [-0.2, -0.15) is 13.2 Å². The molecule has 0 bridgehead atoms. The van der Waals surface area contributed by atoms with Crippen molar-refractivity contribution in [1.29, 1.82) is 0 Å². The van der Waals surface area contributed by atoms with E-state index in [1.165, 1.54) is 12.1 Å². The fourth-order valence-electron chi connectivity index (χ4n) is 2.73. The number of amides is 2. The van der Waals surface area contributed by atoms with E-state index < -0.39 is 11.7 Å². The Labute approximate surface area is 149 Å². The smallest absolute Gasteiger partial charge is 0.416 e. The third kappa shape index (κ3) is 5.62. The zero-order valence-corrected chi connectivity index (χ0v) is 14.2. The van der Waals surface area contributed by atoms with Crippen molar-refractivity contribution < 1.29 is 27.5 Å². The van der Waals surface area contributed by atoms with Gasteiger partial charge in [-0.15, -0.1) is 0 Å². The Morgan fingerprint density at radius 1 is 1.27 bits per heavy atom. The molecule has 0 aromatic heterocycles. The second kappa shape index (κ2) is 8.88. The number of benzene rings is 1. The van der Waals surface area contributed by atoms with Gasteiger partial charge in [0.1, 0.15) is 5.75 Å². The first-order valence-corrected chi connectivity index (χ1v) is 8.37. The molecule has 6 nitrogen and oxygen atoms in total. The van der Waals surface area contributed by atoms with Crippen LogP contribution in [0, 0.1) is 5.92 Å². The first-order valence-electron chi connectivity index (χ1n) is 8.37. The summed E-state index contributed by atoms with van der Waals surface area (Å²) in [7, 11) is 0. The normalized spacial score (nSPS) is 17.7. The average molecular weight is 373 g/mol. The van der Waals surface area contributed by atoms with Crippen LogP contribution in [0.15, 0.2) is 24.3 Å². The summed E-state index contributed by atoms with van der Waals surface area (Å²) < 4.78 is 42.8. The van der Waals surface area contributed by atoms with Crippen LogP contribution in [-0.4, -0.2) is 49.5 Å². The molecule has 0 aliphatic carbocycles. The van der Waals surface area contributed by atoms with Gasteiger partial charge in [-0.05, 0) is 37.1 Å². The SMILES string of the molecule is NCCNC(=O)C1CCCN(C(=O)COc2ccc(C(F)(F)F)cc2)C1. The minimum absolute atomic E-state index is 0.128. The predicted molar refractivity (Wildman–Crippen MR) is 88.3 cm³/mol. The van der Waals surface area contributed by atoms with Crippen molar-refractivity contribution in [1.82, 2.24) is 10.2 Å². The van der Waals surface area contributed by atoms with E-state index in [0.29, 0.717) is 39.0 Å². The van der Waals surface area contributed by atoms with Gasteiger partial charge in [-0.3, -0.25) is 9.59 Å². The van der Waals surface area contributed by atoms with Gasteiger partial charge in [-0.1, -0.05) is 0 Å². The molecule has 0 radical (unpaired) electrons. The van der Waals surface area contributed by atoms with E-state index in [-0.39, 0.29) is 30.1 Å². The highest BCUT2D eigenvalue weighted by Crippen LogP contribution is 2.30. The van der Waals surface area contributed by atoms with Crippen LogP contribution in [0.3, 0.4) is 0 Å². The number of carbonyl (C=O) groups excluding carboxylic acids is 2. The van der Waals surface area contributed by atoms with Gasteiger partial charge in [-0.25, -0.2) is 0 Å². The van der Waals surface area contributed by atoms with E-state index in [1.54, 1.807) is 4.90 Å². The lowest BCUT2D eigenvalue weighted by Crippen LogP contribution is -2.47. The maximum atomic E-state index is 12.5. The fourth-order valence-corrected chi connectivity index (χ4v) is 2.73. The molecule has 9 heteroatoms. The lowest BCUT2D eigenvalue weighted by atomic mass is 9.97. The minimum Gasteiger partial charge on any atom is -0.484 e. The number of alkyl halides is 3. The number of rotatable bonds is 6. The van der Waals surface area contributed by atoms with Crippen LogP contribution in [0.5, 0.6) is 5.75 Å². The molecule has 144 valence electrons. The molecule has 26 heavy (non-hydrogen) atoms. The summed E-state index contributed by atoms with van der Waals surface area (Å²) in [5.41, 5.74) is 4.57. The Morgan fingerprint density at radius 2 is 1.96 bits per heavy atom. The molecule has 1 saturated heterocycles. The Balaban J connectivity index is 1.84. The van der Waals surface area contributed by atoms with Crippen LogP contribution in [-0.2, 0) is 15.8 Å². The second-order valence-corrected chi connectivity index (χ2v) is 6.07. The first-order chi connectivity index (χ1) is 12.3. The van der Waals surface area contributed by atoms with Crippen molar-refractivity contribution in [3.63, 3.8) is 0 Å². The summed E-state index contributed by atoms with van der Waals surface area (Å²) >= 11 is 0. The summed E-state index contributed by atoms with van der Waals surface area (Å²) in [6, 6.07) is 4.15. The number of hydrogen-bond donors (Lipinski definition) is 2. The Hall–Kier alpha value is -2.29. The van der Waals surface area contributed by atoms with Crippen LogP contribution < -0.4 is 15.8 Å². The summed E-state index contributed by atoms with van der Waals surface area (Å²) in [6.45, 7) is 1.27. The summed E-state index contributed by atoms with van der Waals surface area (Å²) in [5, 5.41) is 2.71. The van der Waals surface area contributed by atoms with E-state index in [1.807, 2.05) is 0 Å². The van der Waals surface area contributed by atoms with E-state index >= 15 is 0 Å². The zero-order chi connectivity index (χ0) is 19.2. The maximum Gasteiger partial charge on any atom is 0.416 e. The highest BCUT2D eigenvalue weighted by Gasteiger charge is 2.30. The number of piperidine rings is 1. The molecular formula is C17H22F3N3O3. The van der Waals surface area contributed by atoms with Gasteiger partial charge in [0, 0.05) is 26.2 Å². The molecule has 1 heterocycles. The summed E-state index contributed by atoms with van der Waals surface area (Å²) in [4.78, 5) is 25.8. The van der Waals surface area contributed by atoms with Crippen molar-refractivity contribution >= 4 is 11.8 Å². The summed E-state index contributed by atoms with van der Waals surface area (Å²) in [6.07, 6.45) is -3.02. The molecule has 1 aromatic carbocycles. The molecule has 1 atom stereocenters. The van der Waals surface area contributed by atoms with Crippen LogP contribution >= 0.6 is 0 Å². The largest absolute Gasteiger partial charge is 0.484 e. The van der Waals surface area contributed by atoms with Gasteiger partial charge < -0.3 is 20.7 Å². The third-order valence-electron chi connectivity index (χ3n) is 4.13. The lowest BCUT2D eigenvalue weighted by molar-refractivity contribution is -0.139. The number of carbonyl (C=O) groups is 2. The topological polar surface area (TPSA) is 84.7 Å². The van der Waals surface area contributed by atoms with Gasteiger partial charge in [0.15, 0.2) is 6.61 Å². The summed E-state index contributed by atoms with van der Waals surface area (Å²) in [5.74, 6) is -0.538. The molecule has 1 aromatic rings. The van der Waals surface area contributed by atoms with Crippen molar-refractivity contribution in [2.45, 2.75) is 19.0 Å². The highest BCUT2D eigenvalue weighted by atomic mass is 19.4. The van der Waals surface area contributed by atoms with Crippen molar-refractivity contribution in [2.75, 3.05) is 32.8 Å². The van der Waals surface area contributed by atoms with Crippen LogP contribution in [0.25, 0.3) is 0 Å².